The van der Waals surface area contributed by atoms with Crippen molar-refractivity contribution >= 4 is 11.9 Å². The number of ether oxygens (including phenoxy) is 2. The smallest absolute Gasteiger partial charge is 0.343 e. The highest BCUT2D eigenvalue weighted by Crippen LogP contribution is 2.16. The molecule has 0 amide bonds. The molecule has 2 aromatic carbocycles. The Labute approximate surface area is 121 Å². The highest BCUT2D eigenvalue weighted by atomic mass is 16.5. The summed E-state index contributed by atoms with van der Waals surface area (Å²) in [5, 5.41) is 8.70. The Bertz CT molecular complexity index is 714. The van der Waals surface area contributed by atoms with E-state index in [1.54, 1.807) is 18.2 Å². The Morgan fingerprint density at radius 3 is 2.33 bits per heavy atom. The molecule has 0 unspecified atom stereocenters. The molecule has 5 heteroatoms. The van der Waals surface area contributed by atoms with E-state index in [1.807, 2.05) is 6.07 Å². The molecule has 0 aliphatic carbocycles. The minimum absolute atomic E-state index is 0.243. The number of hydrogen-bond acceptors (Lipinski definition) is 5. The lowest BCUT2D eigenvalue weighted by atomic mass is 10.1. The SMILES string of the molecule is COC(=O)c1cccc(OC(=O)c2ccc(C#N)cc2)c1. The number of nitriles is 1. The zero-order valence-electron chi connectivity index (χ0n) is 11.2. The Balaban J connectivity index is 2.15. The first-order chi connectivity index (χ1) is 10.1. The van der Waals surface area contributed by atoms with Crippen LogP contribution in [0.1, 0.15) is 26.3 Å². The van der Waals surface area contributed by atoms with Crippen LogP contribution in [0.3, 0.4) is 0 Å². The van der Waals surface area contributed by atoms with Crippen LogP contribution in [0.25, 0.3) is 0 Å². The summed E-state index contributed by atoms with van der Waals surface area (Å²) in [6.07, 6.45) is 0. The van der Waals surface area contributed by atoms with E-state index in [9.17, 15) is 9.59 Å². The van der Waals surface area contributed by atoms with Gasteiger partial charge in [0.15, 0.2) is 0 Å². The number of carbonyl (C=O) groups excluding carboxylic acids is 2. The lowest BCUT2D eigenvalue weighted by Gasteiger charge is -2.06. The van der Waals surface area contributed by atoms with E-state index in [0.29, 0.717) is 16.7 Å². The Morgan fingerprint density at radius 1 is 1.00 bits per heavy atom. The van der Waals surface area contributed by atoms with Crippen LogP contribution in [0.5, 0.6) is 5.75 Å². The fourth-order valence-electron chi connectivity index (χ4n) is 1.65. The minimum atomic E-state index is -0.568. The van der Waals surface area contributed by atoms with E-state index in [2.05, 4.69) is 4.74 Å². The maximum Gasteiger partial charge on any atom is 0.343 e. The Morgan fingerprint density at radius 2 is 1.71 bits per heavy atom. The Kier molecular flexibility index (Phi) is 4.32. The fourth-order valence-corrected chi connectivity index (χ4v) is 1.65. The molecule has 0 atom stereocenters. The van der Waals surface area contributed by atoms with E-state index < -0.39 is 11.9 Å². The summed E-state index contributed by atoms with van der Waals surface area (Å²) in [6, 6.07) is 14.2. The summed E-state index contributed by atoms with van der Waals surface area (Å²) in [4.78, 5) is 23.3. The molecule has 2 rings (SSSR count). The summed E-state index contributed by atoms with van der Waals surface area (Å²) in [5.74, 6) is -0.833. The van der Waals surface area contributed by atoms with Crippen LogP contribution in [-0.2, 0) is 4.74 Å². The molecule has 0 fully saturated rings. The minimum Gasteiger partial charge on any atom is -0.465 e. The summed E-state index contributed by atoms with van der Waals surface area (Å²) in [5.41, 5.74) is 1.07. The highest BCUT2D eigenvalue weighted by molar-refractivity contribution is 5.92. The quantitative estimate of drug-likeness (QED) is 0.638. The van der Waals surface area contributed by atoms with E-state index in [0.717, 1.165) is 0 Å². The number of esters is 2. The van der Waals surface area contributed by atoms with E-state index in [1.165, 1.54) is 37.4 Å². The lowest BCUT2D eigenvalue weighted by molar-refractivity contribution is 0.0597. The molecule has 21 heavy (non-hydrogen) atoms. The molecule has 0 bridgehead atoms. The Hall–Kier alpha value is -3.13. The van der Waals surface area contributed by atoms with Crippen molar-refractivity contribution in [2.24, 2.45) is 0 Å². The standard InChI is InChI=1S/C16H11NO4/c1-20-15(18)13-3-2-4-14(9-13)21-16(19)12-7-5-11(10-17)6-8-12/h2-9H,1H3. The van der Waals surface area contributed by atoms with Crippen molar-refractivity contribution in [3.63, 3.8) is 0 Å². The fraction of sp³-hybridized carbons (Fsp3) is 0.0625. The average Bonchev–Trinajstić information content (AvgIpc) is 2.54. The topological polar surface area (TPSA) is 76.4 Å². The van der Waals surface area contributed by atoms with Crippen molar-refractivity contribution in [1.82, 2.24) is 0 Å². The number of carbonyl (C=O) groups is 2. The number of nitrogens with zero attached hydrogens (tertiary/aromatic N) is 1. The van der Waals surface area contributed by atoms with Crippen LogP contribution in [0.2, 0.25) is 0 Å². The van der Waals surface area contributed by atoms with Gasteiger partial charge in [-0.1, -0.05) is 6.07 Å². The van der Waals surface area contributed by atoms with Crippen molar-refractivity contribution in [3.8, 4) is 11.8 Å². The molecular formula is C16H11NO4. The average molecular weight is 281 g/mol. The number of benzene rings is 2. The molecule has 0 aliphatic heterocycles. The zero-order valence-corrected chi connectivity index (χ0v) is 11.2. The van der Waals surface area contributed by atoms with E-state index in [-0.39, 0.29) is 5.75 Å². The molecule has 0 radical (unpaired) electrons. The van der Waals surface area contributed by atoms with Gasteiger partial charge in [0, 0.05) is 0 Å². The molecule has 0 saturated carbocycles. The summed E-state index contributed by atoms with van der Waals surface area (Å²) < 4.78 is 9.78. The van der Waals surface area contributed by atoms with Gasteiger partial charge in [-0.25, -0.2) is 9.59 Å². The second kappa shape index (κ2) is 6.35. The van der Waals surface area contributed by atoms with Gasteiger partial charge in [0.05, 0.1) is 29.9 Å². The molecule has 0 N–H and O–H groups in total. The largest absolute Gasteiger partial charge is 0.465 e. The van der Waals surface area contributed by atoms with Crippen LogP contribution in [0.4, 0.5) is 0 Å². The molecular weight excluding hydrogens is 270 g/mol. The highest BCUT2D eigenvalue weighted by Gasteiger charge is 2.11. The molecule has 104 valence electrons. The van der Waals surface area contributed by atoms with Crippen LogP contribution >= 0.6 is 0 Å². The second-order valence-corrected chi connectivity index (χ2v) is 4.10. The molecule has 0 heterocycles. The predicted molar refractivity (Wildman–Crippen MR) is 73.9 cm³/mol. The molecule has 0 spiro atoms. The second-order valence-electron chi connectivity index (χ2n) is 4.10. The number of hydrogen-bond donors (Lipinski definition) is 0. The van der Waals surface area contributed by atoms with Crippen molar-refractivity contribution in [3.05, 3.63) is 65.2 Å². The van der Waals surface area contributed by atoms with Gasteiger partial charge in [0.25, 0.3) is 0 Å². The molecule has 2 aromatic rings. The number of rotatable bonds is 3. The third-order valence-corrected chi connectivity index (χ3v) is 2.72. The summed E-state index contributed by atoms with van der Waals surface area (Å²) in [6.45, 7) is 0. The van der Waals surface area contributed by atoms with Gasteiger partial charge in [-0.15, -0.1) is 0 Å². The summed E-state index contributed by atoms with van der Waals surface area (Å²) in [7, 11) is 1.28. The lowest BCUT2D eigenvalue weighted by Crippen LogP contribution is -2.09. The molecule has 5 nitrogen and oxygen atoms in total. The van der Waals surface area contributed by atoms with Gasteiger partial charge >= 0.3 is 11.9 Å². The maximum absolute atomic E-state index is 11.9. The van der Waals surface area contributed by atoms with Crippen molar-refractivity contribution in [2.75, 3.05) is 7.11 Å². The third-order valence-electron chi connectivity index (χ3n) is 2.72. The zero-order chi connectivity index (χ0) is 15.2. The monoisotopic (exact) mass is 281 g/mol. The van der Waals surface area contributed by atoms with Gasteiger partial charge in [0.1, 0.15) is 5.75 Å². The normalized spacial score (nSPS) is 9.52. The predicted octanol–water partition coefficient (Wildman–Crippen LogP) is 2.56. The van der Waals surface area contributed by atoms with Gasteiger partial charge in [-0.3, -0.25) is 0 Å². The maximum atomic E-state index is 11.9. The molecule has 0 aliphatic rings. The molecule has 0 aromatic heterocycles. The molecule has 0 saturated heterocycles. The third kappa shape index (κ3) is 3.45. The van der Waals surface area contributed by atoms with Gasteiger partial charge < -0.3 is 9.47 Å². The van der Waals surface area contributed by atoms with Crippen molar-refractivity contribution < 1.29 is 19.1 Å². The van der Waals surface area contributed by atoms with E-state index in [4.69, 9.17) is 10.00 Å². The van der Waals surface area contributed by atoms with Crippen LogP contribution in [-0.4, -0.2) is 19.0 Å². The van der Waals surface area contributed by atoms with Crippen LogP contribution < -0.4 is 4.74 Å². The summed E-state index contributed by atoms with van der Waals surface area (Å²) >= 11 is 0. The first-order valence-electron chi connectivity index (χ1n) is 6.05. The van der Waals surface area contributed by atoms with E-state index >= 15 is 0 Å². The van der Waals surface area contributed by atoms with Crippen LogP contribution in [0.15, 0.2) is 48.5 Å². The van der Waals surface area contributed by atoms with Crippen LogP contribution in [0, 0.1) is 11.3 Å². The van der Waals surface area contributed by atoms with Crippen molar-refractivity contribution in [2.45, 2.75) is 0 Å². The first kappa shape index (κ1) is 14.3. The number of methoxy groups -OCH3 is 1. The van der Waals surface area contributed by atoms with Crippen molar-refractivity contribution in [1.29, 1.82) is 5.26 Å². The first-order valence-corrected chi connectivity index (χ1v) is 6.05. The van der Waals surface area contributed by atoms with Gasteiger partial charge in [0.2, 0.25) is 0 Å². The van der Waals surface area contributed by atoms with Gasteiger partial charge in [-0.2, -0.15) is 5.26 Å². The van der Waals surface area contributed by atoms with Gasteiger partial charge in [-0.05, 0) is 42.5 Å².